The highest BCUT2D eigenvalue weighted by molar-refractivity contribution is 6.30. The van der Waals surface area contributed by atoms with E-state index in [0.29, 0.717) is 15.9 Å². The van der Waals surface area contributed by atoms with Gasteiger partial charge in [0.1, 0.15) is 0 Å². The van der Waals surface area contributed by atoms with Gasteiger partial charge < -0.3 is 10.1 Å². The van der Waals surface area contributed by atoms with E-state index in [1.54, 1.807) is 32.2 Å². The number of carbonyl (C=O) groups is 1. The van der Waals surface area contributed by atoms with E-state index < -0.39 is 5.60 Å². The molecular weight excluding hydrogens is 445 g/mol. The second-order valence-corrected chi connectivity index (χ2v) is 9.09. The molecule has 5 nitrogen and oxygen atoms in total. The summed E-state index contributed by atoms with van der Waals surface area (Å²) in [4.78, 5) is 21.6. The van der Waals surface area contributed by atoms with Gasteiger partial charge in [-0.3, -0.25) is 9.78 Å². The number of hydrogen-bond acceptors (Lipinski definition) is 4. The molecule has 0 spiro atoms. The van der Waals surface area contributed by atoms with Gasteiger partial charge in [-0.15, -0.1) is 0 Å². The molecule has 2 atom stereocenters. The number of halogens is 2. The molecule has 0 saturated heterocycles. The van der Waals surface area contributed by atoms with Crippen molar-refractivity contribution in [1.29, 1.82) is 0 Å². The van der Waals surface area contributed by atoms with Crippen molar-refractivity contribution in [3.63, 3.8) is 0 Å². The molecule has 1 N–H and O–H groups in total. The van der Waals surface area contributed by atoms with E-state index in [-0.39, 0.29) is 17.9 Å². The number of aryl methyl sites for hydroxylation is 1. The van der Waals surface area contributed by atoms with E-state index >= 15 is 0 Å². The maximum atomic E-state index is 13.1. The maximum Gasteiger partial charge on any atom is 0.263 e. The van der Waals surface area contributed by atoms with Crippen molar-refractivity contribution >= 4 is 29.1 Å². The third-order valence-corrected chi connectivity index (χ3v) is 5.74. The van der Waals surface area contributed by atoms with Crippen molar-refractivity contribution in [3.8, 4) is 5.88 Å². The lowest BCUT2D eigenvalue weighted by Crippen LogP contribution is -2.50. The molecule has 0 radical (unpaired) electrons. The fourth-order valence-electron chi connectivity index (χ4n) is 3.47. The van der Waals surface area contributed by atoms with Crippen molar-refractivity contribution in [1.82, 2.24) is 15.3 Å². The Labute approximate surface area is 199 Å². The number of hydrogen-bond donors (Lipinski definition) is 1. The summed E-state index contributed by atoms with van der Waals surface area (Å²) >= 11 is 11.8. The largest absolute Gasteiger partial charge is 0.462 e. The molecular formula is C25H27Cl2N3O2. The van der Waals surface area contributed by atoms with Gasteiger partial charge in [0.2, 0.25) is 5.88 Å². The number of rotatable bonds is 9. The van der Waals surface area contributed by atoms with Gasteiger partial charge in [0, 0.05) is 36.1 Å². The maximum absolute atomic E-state index is 13.1. The van der Waals surface area contributed by atoms with Gasteiger partial charge in [-0.25, -0.2) is 4.98 Å². The number of carbonyl (C=O) groups excluding carboxylic acids is 1. The normalized spacial score (nSPS) is 13.3. The second kappa shape index (κ2) is 10.8. The molecule has 32 heavy (non-hydrogen) atoms. The zero-order valence-electron chi connectivity index (χ0n) is 18.4. The van der Waals surface area contributed by atoms with Gasteiger partial charge in [-0.1, -0.05) is 53.5 Å². The quantitative estimate of drug-likeness (QED) is 0.424. The van der Waals surface area contributed by atoms with E-state index in [9.17, 15) is 4.79 Å². The summed E-state index contributed by atoms with van der Waals surface area (Å²) in [6, 6.07) is 17.2. The van der Waals surface area contributed by atoms with Crippen LogP contribution in [0.25, 0.3) is 0 Å². The van der Waals surface area contributed by atoms with Crippen LogP contribution in [0.4, 0.5) is 0 Å². The molecule has 0 aliphatic heterocycles. The summed E-state index contributed by atoms with van der Waals surface area (Å²) < 4.78 is 5.84. The van der Waals surface area contributed by atoms with E-state index in [0.717, 1.165) is 24.1 Å². The fraction of sp³-hybridized carbons (Fsp3) is 0.320. The molecule has 0 aliphatic rings. The van der Waals surface area contributed by atoms with Crippen LogP contribution in [0.15, 0.2) is 67.0 Å². The van der Waals surface area contributed by atoms with E-state index in [1.807, 2.05) is 37.3 Å². The minimum absolute atomic E-state index is 0.0992. The van der Waals surface area contributed by atoms with Crippen LogP contribution in [-0.4, -0.2) is 27.5 Å². The first-order chi connectivity index (χ1) is 15.2. The van der Waals surface area contributed by atoms with Crippen LogP contribution in [0, 0.1) is 0 Å². The monoisotopic (exact) mass is 471 g/mol. The van der Waals surface area contributed by atoms with Crippen molar-refractivity contribution in [3.05, 3.63) is 88.3 Å². The number of nitrogens with zero attached hydrogens (tertiary/aromatic N) is 2. The zero-order valence-corrected chi connectivity index (χ0v) is 19.9. The highest BCUT2D eigenvalue weighted by Gasteiger charge is 2.33. The molecule has 1 aromatic carbocycles. The van der Waals surface area contributed by atoms with Crippen molar-refractivity contribution < 1.29 is 9.53 Å². The fourth-order valence-corrected chi connectivity index (χ4v) is 3.70. The molecule has 3 rings (SSSR count). The van der Waals surface area contributed by atoms with Gasteiger partial charge in [0.05, 0.1) is 10.0 Å². The lowest BCUT2D eigenvalue weighted by Gasteiger charge is -2.30. The van der Waals surface area contributed by atoms with Crippen molar-refractivity contribution in [2.45, 2.75) is 51.2 Å². The molecule has 3 aromatic rings. The Bertz CT molecular complexity index is 1010. The Morgan fingerprint density at radius 2 is 1.66 bits per heavy atom. The lowest BCUT2D eigenvalue weighted by molar-refractivity contribution is -0.135. The van der Waals surface area contributed by atoms with Gasteiger partial charge in [0.25, 0.3) is 5.91 Å². The summed E-state index contributed by atoms with van der Waals surface area (Å²) in [7, 11) is 0. The minimum Gasteiger partial charge on any atom is -0.462 e. The predicted octanol–water partition coefficient (Wildman–Crippen LogP) is 5.86. The van der Waals surface area contributed by atoms with Crippen LogP contribution in [0.3, 0.4) is 0 Å². The van der Waals surface area contributed by atoms with Crippen LogP contribution in [0.5, 0.6) is 5.88 Å². The summed E-state index contributed by atoms with van der Waals surface area (Å²) in [5.41, 5.74) is 1.02. The van der Waals surface area contributed by atoms with Gasteiger partial charge >= 0.3 is 0 Å². The molecule has 2 heterocycles. The topological polar surface area (TPSA) is 64.1 Å². The highest BCUT2D eigenvalue weighted by Crippen LogP contribution is 2.26. The Morgan fingerprint density at radius 1 is 1.00 bits per heavy atom. The third kappa shape index (κ3) is 6.68. The van der Waals surface area contributed by atoms with Gasteiger partial charge in [0.15, 0.2) is 5.60 Å². The first-order valence-corrected chi connectivity index (χ1v) is 11.3. The first-order valence-electron chi connectivity index (χ1n) is 10.5. The highest BCUT2D eigenvalue weighted by atomic mass is 35.5. The van der Waals surface area contributed by atoms with E-state index in [1.165, 1.54) is 6.20 Å². The molecule has 0 fully saturated rings. The number of amides is 1. The number of ether oxygens (including phenoxy) is 1. The summed E-state index contributed by atoms with van der Waals surface area (Å²) in [6.07, 6.45) is 4.74. The predicted molar refractivity (Wildman–Crippen MR) is 128 cm³/mol. The van der Waals surface area contributed by atoms with E-state index in [2.05, 4.69) is 27.4 Å². The summed E-state index contributed by atoms with van der Waals surface area (Å²) in [6.45, 7) is 5.46. The van der Waals surface area contributed by atoms with Crippen LogP contribution in [-0.2, 0) is 11.2 Å². The SMILES string of the molecule is C[C@H](NC(=O)C(C)(C)Oc1ccc(Cl)cn1)[C@@H](CCc1ccc(Cl)cn1)c1ccccc1. The van der Waals surface area contributed by atoms with Crippen molar-refractivity contribution in [2.75, 3.05) is 0 Å². The van der Waals surface area contributed by atoms with E-state index in [4.69, 9.17) is 27.9 Å². The van der Waals surface area contributed by atoms with Gasteiger partial charge in [-0.05, 0) is 57.4 Å². The molecule has 0 bridgehead atoms. The molecule has 1 amide bonds. The Kier molecular flexibility index (Phi) is 8.10. The number of nitrogens with one attached hydrogen (secondary N) is 1. The summed E-state index contributed by atoms with van der Waals surface area (Å²) in [5.74, 6) is 0.227. The molecule has 7 heteroatoms. The van der Waals surface area contributed by atoms with Crippen LogP contribution in [0.1, 0.15) is 44.4 Å². The second-order valence-electron chi connectivity index (χ2n) is 8.21. The van der Waals surface area contributed by atoms with Crippen LogP contribution >= 0.6 is 23.2 Å². The molecule has 0 unspecified atom stereocenters. The number of pyridine rings is 2. The molecule has 2 aromatic heterocycles. The Morgan fingerprint density at radius 3 is 2.25 bits per heavy atom. The number of aromatic nitrogens is 2. The Hall–Kier alpha value is -2.63. The average Bonchev–Trinajstić information content (AvgIpc) is 2.77. The standard InChI is InChI=1S/C25H27Cl2N3O2/c1-17(30-24(31)25(2,3)32-23-14-10-20(27)16-29-23)22(18-7-5-4-6-8-18)13-12-21-11-9-19(26)15-28-21/h4-11,14-17,22H,12-13H2,1-3H3,(H,30,31)/t17-,22+/m0/s1. The van der Waals surface area contributed by atoms with Crippen molar-refractivity contribution in [2.24, 2.45) is 0 Å². The zero-order chi connectivity index (χ0) is 23.1. The Balaban J connectivity index is 1.70. The number of benzene rings is 1. The molecule has 0 aliphatic carbocycles. The smallest absolute Gasteiger partial charge is 0.263 e. The summed E-state index contributed by atoms with van der Waals surface area (Å²) in [5, 5.41) is 4.26. The third-order valence-electron chi connectivity index (χ3n) is 5.30. The van der Waals surface area contributed by atoms with Crippen LogP contribution in [0.2, 0.25) is 10.0 Å². The first kappa shape index (κ1) is 24.0. The van der Waals surface area contributed by atoms with Gasteiger partial charge in [-0.2, -0.15) is 0 Å². The molecule has 168 valence electrons. The molecule has 0 saturated carbocycles. The lowest BCUT2D eigenvalue weighted by atomic mass is 9.87. The van der Waals surface area contributed by atoms with Crippen LogP contribution < -0.4 is 10.1 Å². The minimum atomic E-state index is -1.10. The average molecular weight is 472 g/mol.